The average Bonchev–Trinajstić information content (AvgIpc) is 2.71. The summed E-state index contributed by atoms with van der Waals surface area (Å²) < 4.78 is 51.7. The first-order chi connectivity index (χ1) is 13.4. The van der Waals surface area contributed by atoms with E-state index in [4.69, 9.17) is 0 Å². The van der Waals surface area contributed by atoms with E-state index in [9.17, 15) is 22.0 Å². The molecule has 0 aromatic heterocycles. The summed E-state index contributed by atoms with van der Waals surface area (Å²) in [6, 6.07) is 12.2. The standard InChI is InChI=1S/C20H22F2N2O3S/c21-18-8-4-5-16(20(18)22)15-23-10-12-24(13-11-23)19(25)9-14-28(26,27)17-6-2-1-3-7-17/h1-8H,9-15H2. The monoisotopic (exact) mass is 408 g/mol. The Hall–Kier alpha value is -2.32. The minimum Gasteiger partial charge on any atom is -0.340 e. The fourth-order valence-electron chi connectivity index (χ4n) is 3.19. The highest BCUT2D eigenvalue weighted by Crippen LogP contribution is 2.16. The Balaban J connectivity index is 1.49. The van der Waals surface area contributed by atoms with Crippen molar-refractivity contribution < 1.29 is 22.0 Å². The quantitative estimate of drug-likeness (QED) is 0.737. The number of nitrogens with zero attached hydrogens (tertiary/aromatic N) is 2. The van der Waals surface area contributed by atoms with Crippen LogP contribution in [-0.4, -0.2) is 56.1 Å². The van der Waals surface area contributed by atoms with Gasteiger partial charge in [0.25, 0.3) is 0 Å². The van der Waals surface area contributed by atoms with Crippen LogP contribution in [0.2, 0.25) is 0 Å². The largest absolute Gasteiger partial charge is 0.340 e. The first kappa shape index (κ1) is 20.4. The molecule has 0 spiro atoms. The molecule has 1 amide bonds. The lowest BCUT2D eigenvalue weighted by molar-refractivity contribution is -0.132. The van der Waals surface area contributed by atoms with Gasteiger partial charge in [0.15, 0.2) is 21.5 Å². The van der Waals surface area contributed by atoms with E-state index in [0.717, 1.165) is 6.07 Å². The molecule has 28 heavy (non-hydrogen) atoms. The maximum absolute atomic E-state index is 13.8. The number of hydrogen-bond acceptors (Lipinski definition) is 4. The van der Waals surface area contributed by atoms with E-state index in [1.165, 1.54) is 18.2 Å². The molecule has 1 saturated heterocycles. The number of carbonyl (C=O) groups excluding carboxylic acids is 1. The molecule has 0 saturated carbocycles. The number of piperazine rings is 1. The number of sulfone groups is 1. The second-order valence-electron chi connectivity index (χ2n) is 6.75. The van der Waals surface area contributed by atoms with Gasteiger partial charge in [-0.3, -0.25) is 9.69 Å². The van der Waals surface area contributed by atoms with Crippen molar-refractivity contribution in [3.63, 3.8) is 0 Å². The van der Waals surface area contributed by atoms with Crippen molar-refractivity contribution in [2.45, 2.75) is 17.9 Å². The van der Waals surface area contributed by atoms with Gasteiger partial charge in [-0.05, 0) is 18.2 Å². The SMILES string of the molecule is O=C(CCS(=O)(=O)c1ccccc1)N1CCN(Cc2cccc(F)c2F)CC1. The van der Waals surface area contributed by atoms with Crippen molar-refractivity contribution in [2.24, 2.45) is 0 Å². The highest BCUT2D eigenvalue weighted by molar-refractivity contribution is 7.91. The summed E-state index contributed by atoms with van der Waals surface area (Å²) in [5.41, 5.74) is 0.286. The van der Waals surface area contributed by atoms with Gasteiger partial charge in [-0.1, -0.05) is 30.3 Å². The van der Waals surface area contributed by atoms with Crippen LogP contribution in [0.5, 0.6) is 0 Å². The fourth-order valence-corrected chi connectivity index (χ4v) is 4.44. The minimum atomic E-state index is -3.49. The van der Waals surface area contributed by atoms with Crippen LogP contribution < -0.4 is 0 Å². The van der Waals surface area contributed by atoms with Crippen LogP contribution in [-0.2, 0) is 21.2 Å². The molecule has 1 fully saturated rings. The molecule has 0 radical (unpaired) electrons. The highest BCUT2D eigenvalue weighted by Gasteiger charge is 2.24. The second-order valence-corrected chi connectivity index (χ2v) is 8.86. The lowest BCUT2D eigenvalue weighted by Crippen LogP contribution is -2.48. The minimum absolute atomic E-state index is 0.0737. The molecular weight excluding hydrogens is 386 g/mol. The average molecular weight is 408 g/mol. The van der Waals surface area contributed by atoms with Crippen LogP contribution in [0.3, 0.4) is 0 Å². The summed E-state index contributed by atoms with van der Waals surface area (Å²) in [5.74, 6) is -2.15. The summed E-state index contributed by atoms with van der Waals surface area (Å²) in [5, 5.41) is 0. The van der Waals surface area contributed by atoms with Gasteiger partial charge in [0.1, 0.15) is 0 Å². The molecule has 0 atom stereocenters. The van der Waals surface area contributed by atoms with Crippen molar-refractivity contribution in [1.29, 1.82) is 0 Å². The van der Waals surface area contributed by atoms with Gasteiger partial charge in [0, 0.05) is 44.7 Å². The van der Waals surface area contributed by atoms with Gasteiger partial charge in [0.2, 0.25) is 5.91 Å². The molecule has 0 bridgehead atoms. The van der Waals surface area contributed by atoms with Crippen LogP contribution in [0, 0.1) is 11.6 Å². The molecule has 3 rings (SSSR count). The maximum atomic E-state index is 13.8. The van der Waals surface area contributed by atoms with Gasteiger partial charge in [-0.15, -0.1) is 0 Å². The third-order valence-electron chi connectivity index (χ3n) is 4.84. The van der Waals surface area contributed by atoms with E-state index in [0.29, 0.717) is 26.2 Å². The molecule has 0 aliphatic carbocycles. The van der Waals surface area contributed by atoms with Crippen molar-refractivity contribution in [2.75, 3.05) is 31.9 Å². The number of hydrogen-bond donors (Lipinski definition) is 0. The van der Waals surface area contributed by atoms with E-state index in [2.05, 4.69) is 0 Å². The Morgan fingerprint density at radius 3 is 2.29 bits per heavy atom. The van der Waals surface area contributed by atoms with Crippen LogP contribution >= 0.6 is 0 Å². The maximum Gasteiger partial charge on any atom is 0.223 e. The Morgan fingerprint density at radius 1 is 0.929 bits per heavy atom. The predicted octanol–water partition coefficient (Wildman–Crippen LogP) is 2.47. The number of carbonyl (C=O) groups is 1. The van der Waals surface area contributed by atoms with Gasteiger partial charge >= 0.3 is 0 Å². The summed E-state index contributed by atoms with van der Waals surface area (Å²) in [4.78, 5) is 16.2. The molecule has 2 aromatic carbocycles. The van der Waals surface area contributed by atoms with E-state index >= 15 is 0 Å². The summed E-state index contributed by atoms with van der Waals surface area (Å²) in [6.45, 7) is 2.18. The molecule has 8 heteroatoms. The van der Waals surface area contributed by atoms with Gasteiger partial charge in [-0.25, -0.2) is 17.2 Å². The predicted molar refractivity (Wildman–Crippen MR) is 101 cm³/mol. The fraction of sp³-hybridized carbons (Fsp3) is 0.350. The number of rotatable bonds is 6. The number of amides is 1. The topological polar surface area (TPSA) is 57.7 Å². The smallest absolute Gasteiger partial charge is 0.223 e. The first-order valence-corrected chi connectivity index (χ1v) is 10.7. The molecule has 2 aromatic rings. The van der Waals surface area contributed by atoms with Crippen LogP contribution in [0.25, 0.3) is 0 Å². The Kier molecular flexibility index (Phi) is 6.41. The summed E-state index contributed by atoms with van der Waals surface area (Å²) in [6.07, 6.45) is -0.0737. The van der Waals surface area contributed by atoms with Crippen molar-refractivity contribution >= 4 is 15.7 Å². The highest BCUT2D eigenvalue weighted by atomic mass is 32.2. The second kappa shape index (κ2) is 8.79. The zero-order chi connectivity index (χ0) is 20.1. The third kappa shape index (κ3) is 4.94. The normalized spacial score (nSPS) is 15.6. The number of benzene rings is 2. The molecule has 1 aliphatic heterocycles. The van der Waals surface area contributed by atoms with Crippen molar-refractivity contribution in [1.82, 2.24) is 9.80 Å². The molecular formula is C20H22F2N2O3S. The zero-order valence-electron chi connectivity index (χ0n) is 15.4. The van der Waals surface area contributed by atoms with Crippen molar-refractivity contribution in [3.05, 3.63) is 65.7 Å². The van der Waals surface area contributed by atoms with Gasteiger partial charge in [-0.2, -0.15) is 0 Å². The molecule has 150 valence electrons. The van der Waals surface area contributed by atoms with E-state index in [1.54, 1.807) is 29.2 Å². The van der Waals surface area contributed by atoms with Crippen LogP contribution in [0.1, 0.15) is 12.0 Å². The van der Waals surface area contributed by atoms with Crippen molar-refractivity contribution in [3.8, 4) is 0 Å². The van der Waals surface area contributed by atoms with Crippen LogP contribution in [0.15, 0.2) is 53.4 Å². The van der Waals surface area contributed by atoms with Crippen LogP contribution in [0.4, 0.5) is 8.78 Å². The van der Waals surface area contributed by atoms with E-state index in [-0.39, 0.29) is 35.1 Å². The Bertz CT molecular complexity index is 928. The lowest BCUT2D eigenvalue weighted by Gasteiger charge is -2.34. The Labute approximate surface area is 163 Å². The zero-order valence-corrected chi connectivity index (χ0v) is 16.2. The first-order valence-electron chi connectivity index (χ1n) is 9.07. The molecule has 5 nitrogen and oxygen atoms in total. The van der Waals surface area contributed by atoms with E-state index < -0.39 is 21.5 Å². The summed E-state index contributed by atoms with van der Waals surface area (Å²) in [7, 11) is -3.49. The molecule has 0 unspecified atom stereocenters. The Morgan fingerprint density at radius 2 is 1.61 bits per heavy atom. The summed E-state index contributed by atoms with van der Waals surface area (Å²) >= 11 is 0. The molecule has 1 aliphatic rings. The van der Waals surface area contributed by atoms with Gasteiger partial charge < -0.3 is 4.90 Å². The van der Waals surface area contributed by atoms with Gasteiger partial charge in [0.05, 0.1) is 10.6 Å². The lowest BCUT2D eigenvalue weighted by atomic mass is 10.1. The third-order valence-corrected chi connectivity index (χ3v) is 6.57. The molecule has 0 N–H and O–H groups in total. The van der Waals surface area contributed by atoms with E-state index in [1.807, 2.05) is 4.90 Å². The number of halogens is 2. The molecule has 1 heterocycles.